The molecule has 3 rings (SSSR count). The van der Waals surface area contributed by atoms with Crippen molar-refractivity contribution in [2.45, 2.75) is 11.9 Å². The maximum Gasteiger partial charge on any atom is 0.282 e. The molecule has 3 aromatic heterocycles. The molecule has 0 saturated heterocycles. The van der Waals surface area contributed by atoms with E-state index in [1.807, 2.05) is 0 Å². The number of aromatic nitrogens is 4. The topological polar surface area (TPSA) is 93.3 Å². The molecule has 0 saturated carbocycles. The summed E-state index contributed by atoms with van der Waals surface area (Å²) in [6.45, 7) is 1.80. The first-order chi connectivity index (χ1) is 9.92. The Bertz CT molecular complexity index is 905. The summed E-state index contributed by atoms with van der Waals surface area (Å²) in [5, 5.41) is 8.81. The lowest BCUT2D eigenvalue weighted by molar-refractivity contribution is 0.596. The first-order valence-electron chi connectivity index (χ1n) is 6.09. The number of aryl methyl sites for hydroxylation is 2. The SMILES string of the molecule is CNc1nc2sccn2c1S(=O)(=O)Nc1cc(C)nn1C. The molecule has 0 fully saturated rings. The molecular weight excluding hydrogens is 312 g/mol. The van der Waals surface area contributed by atoms with E-state index in [-0.39, 0.29) is 5.03 Å². The molecule has 3 aromatic rings. The zero-order valence-corrected chi connectivity index (χ0v) is 13.3. The molecule has 0 aliphatic rings. The van der Waals surface area contributed by atoms with Crippen molar-refractivity contribution < 1.29 is 8.42 Å². The first-order valence-corrected chi connectivity index (χ1v) is 8.45. The van der Waals surface area contributed by atoms with Crippen LogP contribution in [0.1, 0.15) is 5.69 Å². The van der Waals surface area contributed by atoms with Gasteiger partial charge in [0.1, 0.15) is 5.82 Å². The first kappa shape index (κ1) is 13.9. The second kappa shape index (κ2) is 4.74. The van der Waals surface area contributed by atoms with Crippen molar-refractivity contribution in [1.82, 2.24) is 19.2 Å². The van der Waals surface area contributed by atoms with Crippen LogP contribution in [0, 0.1) is 6.92 Å². The van der Waals surface area contributed by atoms with Crippen LogP contribution in [0.15, 0.2) is 22.7 Å². The van der Waals surface area contributed by atoms with Crippen LogP contribution in [0.4, 0.5) is 11.6 Å². The van der Waals surface area contributed by atoms with Gasteiger partial charge in [-0.3, -0.25) is 13.8 Å². The lowest BCUT2D eigenvalue weighted by Crippen LogP contribution is -2.18. The summed E-state index contributed by atoms with van der Waals surface area (Å²) >= 11 is 1.37. The van der Waals surface area contributed by atoms with Crippen molar-refractivity contribution in [3.05, 3.63) is 23.3 Å². The summed E-state index contributed by atoms with van der Waals surface area (Å²) in [6, 6.07) is 1.67. The molecule has 8 nitrogen and oxygen atoms in total. The predicted octanol–water partition coefficient (Wildman–Crippen LogP) is 1.28. The fourth-order valence-corrected chi connectivity index (χ4v) is 4.22. The van der Waals surface area contributed by atoms with E-state index in [2.05, 4.69) is 20.1 Å². The van der Waals surface area contributed by atoms with Crippen molar-refractivity contribution in [2.75, 3.05) is 17.1 Å². The highest BCUT2D eigenvalue weighted by Crippen LogP contribution is 2.27. The van der Waals surface area contributed by atoms with Gasteiger partial charge >= 0.3 is 0 Å². The Morgan fingerprint density at radius 3 is 2.76 bits per heavy atom. The van der Waals surface area contributed by atoms with Crippen molar-refractivity contribution in [2.24, 2.45) is 7.05 Å². The van der Waals surface area contributed by atoms with Gasteiger partial charge in [0.25, 0.3) is 10.0 Å². The van der Waals surface area contributed by atoms with Crippen LogP contribution in [0.5, 0.6) is 0 Å². The number of anilines is 2. The molecule has 0 spiro atoms. The number of fused-ring (bicyclic) bond motifs is 1. The van der Waals surface area contributed by atoms with Crippen LogP contribution in [0.25, 0.3) is 4.96 Å². The second-order valence-electron chi connectivity index (χ2n) is 4.47. The third-order valence-corrected chi connectivity index (χ3v) is 5.08. The molecule has 0 aliphatic heterocycles. The molecule has 3 heterocycles. The van der Waals surface area contributed by atoms with E-state index < -0.39 is 10.0 Å². The van der Waals surface area contributed by atoms with Crippen LogP contribution in [0.3, 0.4) is 0 Å². The smallest absolute Gasteiger partial charge is 0.282 e. The summed E-state index contributed by atoms with van der Waals surface area (Å²) in [5.41, 5.74) is 0.734. The lowest BCUT2D eigenvalue weighted by Gasteiger charge is -2.08. The zero-order chi connectivity index (χ0) is 15.2. The Balaban J connectivity index is 2.11. The minimum absolute atomic E-state index is 0.0834. The normalized spacial score (nSPS) is 12.0. The zero-order valence-electron chi connectivity index (χ0n) is 11.7. The monoisotopic (exact) mass is 326 g/mol. The van der Waals surface area contributed by atoms with E-state index >= 15 is 0 Å². The number of imidazole rings is 1. The summed E-state index contributed by atoms with van der Waals surface area (Å²) in [7, 11) is -0.465. The molecular formula is C11H14N6O2S2. The van der Waals surface area contributed by atoms with E-state index in [1.54, 1.807) is 43.1 Å². The lowest BCUT2D eigenvalue weighted by atomic mass is 10.5. The number of hydrogen-bond donors (Lipinski definition) is 2. The molecule has 0 aromatic carbocycles. The van der Waals surface area contributed by atoms with Gasteiger partial charge in [-0.05, 0) is 6.92 Å². The highest BCUT2D eigenvalue weighted by molar-refractivity contribution is 7.92. The molecule has 0 amide bonds. The standard InChI is InChI=1S/C11H14N6O2S2/c1-7-6-8(16(3)14-7)15-21(18,19)10-9(12-2)13-11-17(10)4-5-20-11/h4-6,12,15H,1-3H3. The van der Waals surface area contributed by atoms with E-state index in [0.717, 1.165) is 5.69 Å². The van der Waals surface area contributed by atoms with Gasteiger partial charge in [0.05, 0.1) is 5.69 Å². The van der Waals surface area contributed by atoms with Crippen LogP contribution < -0.4 is 10.0 Å². The minimum Gasteiger partial charge on any atom is -0.371 e. The molecule has 0 radical (unpaired) electrons. The molecule has 0 aliphatic carbocycles. The van der Waals surface area contributed by atoms with E-state index in [0.29, 0.717) is 16.6 Å². The molecule has 0 unspecified atom stereocenters. The van der Waals surface area contributed by atoms with Crippen LogP contribution >= 0.6 is 11.3 Å². The number of hydrogen-bond acceptors (Lipinski definition) is 6. The maximum atomic E-state index is 12.7. The molecule has 112 valence electrons. The van der Waals surface area contributed by atoms with Crippen LogP contribution in [-0.4, -0.2) is 34.6 Å². The molecule has 10 heteroatoms. The molecule has 2 N–H and O–H groups in total. The summed E-state index contributed by atoms with van der Waals surface area (Å²) in [4.78, 5) is 4.87. The van der Waals surface area contributed by atoms with Crippen LogP contribution in [0.2, 0.25) is 0 Å². The fraction of sp³-hybridized carbons (Fsp3) is 0.273. The predicted molar refractivity (Wildman–Crippen MR) is 81.4 cm³/mol. The largest absolute Gasteiger partial charge is 0.371 e. The molecule has 21 heavy (non-hydrogen) atoms. The Hall–Kier alpha value is -2.07. The van der Waals surface area contributed by atoms with Crippen molar-refractivity contribution in [3.8, 4) is 0 Å². The van der Waals surface area contributed by atoms with E-state index in [1.165, 1.54) is 16.0 Å². The number of thiazole rings is 1. The summed E-state index contributed by atoms with van der Waals surface area (Å²) < 4.78 is 30.9. The van der Waals surface area contributed by atoms with Gasteiger partial charge in [0.15, 0.2) is 10.8 Å². The Labute approximate surface area is 125 Å². The van der Waals surface area contributed by atoms with Gasteiger partial charge in [-0.15, -0.1) is 11.3 Å². The van der Waals surface area contributed by atoms with E-state index in [4.69, 9.17) is 0 Å². The third-order valence-electron chi connectivity index (χ3n) is 2.95. The van der Waals surface area contributed by atoms with Gasteiger partial charge in [-0.2, -0.15) is 13.5 Å². The summed E-state index contributed by atoms with van der Waals surface area (Å²) in [5.74, 6) is 0.716. The van der Waals surface area contributed by atoms with Gasteiger partial charge in [0, 0.05) is 31.7 Å². The van der Waals surface area contributed by atoms with Gasteiger partial charge in [0.2, 0.25) is 5.03 Å². The number of rotatable bonds is 4. The van der Waals surface area contributed by atoms with Crippen molar-refractivity contribution in [3.63, 3.8) is 0 Å². The second-order valence-corrected chi connectivity index (χ2v) is 6.94. The Morgan fingerprint density at radius 1 is 1.38 bits per heavy atom. The quantitative estimate of drug-likeness (QED) is 0.753. The number of nitrogens with zero attached hydrogens (tertiary/aromatic N) is 4. The minimum atomic E-state index is -3.78. The fourth-order valence-electron chi connectivity index (χ4n) is 2.08. The van der Waals surface area contributed by atoms with E-state index in [9.17, 15) is 8.42 Å². The number of sulfonamides is 1. The Kier molecular flexibility index (Phi) is 3.14. The third kappa shape index (κ3) is 2.25. The Morgan fingerprint density at radius 2 is 2.14 bits per heavy atom. The van der Waals surface area contributed by atoms with Crippen molar-refractivity contribution >= 4 is 38.0 Å². The number of nitrogens with one attached hydrogen (secondary N) is 2. The maximum absolute atomic E-state index is 12.7. The van der Waals surface area contributed by atoms with Crippen molar-refractivity contribution in [1.29, 1.82) is 0 Å². The van der Waals surface area contributed by atoms with Gasteiger partial charge < -0.3 is 5.32 Å². The molecule has 0 bridgehead atoms. The van der Waals surface area contributed by atoms with Crippen LogP contribution in [-0.2, 0) is 17.1 Å². The average molecular weight is 326 g/mol. The van der Waals surface area contributed by atoms with Gasteiger partial charge in [-0.1, -0.05) is 0 Å². The summed E-state index contributed by atoms with van der Waals surface area (Å²) in [6.07, 6.45) is 1.68. The molecule has 0 atom stereocenters. The van der Waals surface area contributed by atoms with Gasteiger partial charge in [-0.25, -0.2) is 4.98 Å². The highest BCUT2D eigenvalue weighted by atomic mass is 32.2. The highest BCUT2D eigenvalue weighted by Gasteiger charge is 2.26. The average Bonchev–Trinajstić information content (AvgIpc) is 3.02.